The van der Waals surface area contributed by atoms with E-state index < -0.39 is 28.5 Å². The average Bonchev–Trinajstić information content (AvgIpc) is 3.13. The summed E-state index contributed by atoms with van der Waals surface area (Å²) in [6.07, 6.45) is 0. The molecule has 0 aliphatic carbocycles. The molecule has 34 heavy (non-hydrogen) atoms. The first-order chi connectivity index (χ1) is 15.9. The van der Waals surface area contributed by atoms with E-state index in [2.05, 4.69) is 15.6 Å². The van der Waals surface area contributed by atoms with Crippen molar-refractivity contribution in [2.75, 3.05) is 17.6 Å². The maximum atomic E-state index is 14.0. The van der Waals surface area contributed by atoms with Crippen LogP contribution in [0.3, 0.4) is 0 Å². The molecule has 0 fully saturated rings. The van der Waals surface area contributed by atoms with E-state index in [0.29, 0.717) is 11.3 Å². The summed E-state index contributed by atoms with van der Waals surface area (Å²) in [7, 11) is 0. The lowest BCUT2D eigenvalue weighted by Gasteiger charge is -2.41. The van der Waals surface area contributed by atoms with Gasteiger partial charge < -0.3 is 22.1 Å². The highest BCUT2D eigenvalue weighted by Gasteiger charge is 2.37. The van der Waals surface area contributed by atoms with Crippen LogP contribution in [0.25, 0.3) is 0 Å². The molecule has 0 aliphatic heterocycles. The standard InChI is InChI=1S/C24H27F2N5O2S/c1-23(2,3)24(4,12-27)31-21(33)13-8-10-14(11-9-13)29-22-30-20(28)19(34-22)18(32)17-15(25)6-5-7-16(17)26/h5-11H,12,27-28H2,1-4H3,(H,29,30)(H,31,33)/t24-/m0/s1. The molecule has 1 aromatic heterocycles. The van der Waals surface area contributed by atoms with Gasteiger partial charge in [0.2, 0.25) is 5.78 Å². The van der Waals surface area contributed by atoms with Gasteiger partial charge in [0.15, 0.2) is 5.13 Å². The number of amides is 1. The van der Waals surface area contributed by atoms with Crippen LogP contribution in [-0.2, 0) is 0 Å². The summed E-state index contributed by atoms with van der Waals surface area (Å²) in [4.78, 5) is 29.4. The van der Waals surface area contributed by atoms with Crippen molar-refractivity contribution < 1.29 is 18.4 Å². The van der Waals surface area contributed by atoms with Gasteiger partial charge in [-0.3, -0.25) is 9.59 Å². The number of nitrogens with zero attached hydrogens (tertiary/aromatic N) is 1. The Labute approximate surface area is 200 Å². The van der Waals surface area contributed by atoms with Gasteiger partial charge in [-0.05, 0) is 48.7 Å². The number of nitrogens with two attached hydrogens (primary N) is 2. The number of rotatable bonds is 7. The third-order valence-corrected chi connectivity index (χ3v) is 6.89. The quantitative estimate of drug-likeness (QED) is 0.365. The summed E-state index contributed by atoms with van der Waals surface area (Å²) in [5.41, 5.74) is 11.2. The predicted octanol–water partition coefficient (Wildman–Crippen LogP) is 4.47. The van der Waals surface area contributed by atoms with Gasteiger partial charge in [-0.2, -0.15) is 0 Å². The Morgan fingerprint density at radius 1 is 1.03 bits per heavy atom. The average molecular weight is 488 g/mol. The van der Waals surface area contributed by atoms with Gasteiger partial charge >= 0.3 is 0 Å². The number of aromatic nitrogens is 1. The summed E-state index contributed by atoms with van der Waals surface area (Å²) < 4.78 is 28.0. The van der Waals surface area contributed by atoms with Gasteiger partial charge in [-0.1, -0.05) is 38.2 Å². The zero-order valence-electron chi connectivity index (χ0n) is 19.3. The zero-order valence-corrected chi connectivity index (χ0v) is 20.1. The summed E-state index contributed by atoms with van der Waals surface area (Å²) in [6.45, 7) is 8.20. The number of nitrogen functional groups attached to an aromatic ring is 1. The molecule has 0 radical (unpaired) electrons. The lowest BCUT2D eigenvalue weighted by molar-refractivity contribution is 0.0813. The van der Waals surface area contributed by atoms with Crippen LogP contribution in [0.5, 0.6) is 0 Å². The number of thiazole rings is 1. The molecule has 10 heteroatoms. The number of halogens is 2. The first-order valence-corrected chi connectivity index (χ1v) is 11.3. The van der Waals surface area contributed by atoms with Crippen molar-refractivity contribution in [1.82, 2.24) is 10.3 Å². The minimum Gasteiger partial charge on any atom is -0.382 e. The van der Waals surface area contributed by atoms with Gasteiger partial charge in [-0.25, -0.2) is 13.8 Å². The number of hydrogen-bond acceptors (Lipinski definition) is 7. The Bertz CT molecular complexity index is 1200. The summed E-state index contributed by atoms with van der Waals surface area (Å²) in [5.74, 6) is -3.23. The fourth-order valence-corrected chi connectivity index (χ4v) is 3.92. The third-order valence-electron chi connectivity index (χ3n) is 5.90. The predicted molar refractivity (Wildman–Crippen MR) is 130 cm³/mol. The molecule has 3 rings (SSSR count). The molecule has 0 saturated heterocycles. The van der Waals surface area contributed by atoms with Crippen molar-refractivity contribution in [3.05, 3.63) is 70.1 Å². The van der Waals surface area contributed by atoms with Crippen molar-refractivity contribution >= 4 is 39.7 Å². The molecule has 1 amide bonds. The van der Waals surface area contributed by atoms with E-state index >= 15 is 0 Å². The van der Waals surface area contributed by atoms with Gasteiger partial charge in [0.05, 0.1) is 11.1 Å². The minimum absolute atomic E-state index is 0.0780. The van der Waals surface area contributed by atoms with Crippen molar-refractivity contribution in [3.63, 3.8) is 0 Å². The fourth-order valence-electron chi connectivity index (χ4n) is 3.07. The van der Waals surface area contributed by atoms with Crippen LogP contribution in [0.15, 0.2) is 42.5 Å². The number of carbonyl (C=O) groups excluding carboxylic acids is 2. The highest BCUT2D eigenvalue weighted by Crippen LogP contribution is 2.32. The maximum absolute atomic E-state index is 14.0. The number of carbonyl (C=O) groups is 2. The topological polar surface area (TPSA) is 123 Å². The Morgan fingerprint density at radius 3 is 2.15 bits per heavy atom. The van der Waals surface area contributed by atoms with Crippen molar-refractivity contribution in [2.24, 2.45) is 11.1 Å². The molecule has 0 aliphatic rings. The molecule has 180 valence electrons. The molecular weight excluding hydrogens is 460 g/mol. The second-order valence-corrected chi connectivity index (χ2v) is 10.1. The van der Waals surface area contributed by atoms with Crippen molar-refractivity contribution in [2.45, 2.75) is 33.2 Å². The van der Waals surface area contributed by atoms with Crippen LogP contribution >= 0.6 is 11.3 Å². The summed E-state index contributed by atoms with van der Waals surface area (Å²) in [6, 6.07) is 9.78. The van der Waals surface area contributed by atoms with Crippen LogP contribution in [-0.4, -0.2) is 28.8 Å². The van der Waals surface area contributed by atoms with E-state index in [9.17, 15) is 18.4 Å². The van der Waals surface area contributed by atoms with Gasteiger partial charge in [0, 0.05) is 17.8 Å². The highest BCUT2D eigenvalue weighted by molar-refractivity contribution is 7.18. The number of anilines is 3. The molecule has 0 spiro atoms. The zero-order chi connectivity index (χ0) is 25.3. The molecule has 0 saturated carbocycles. The van der Waals surface area contributed by atoms with E-state index in [4.69, 9.17) is 11.5 Å². The molecule has 1 heterocycles. The van der Waals surface area contributed by atoms with Crippen LogP contribution < -0.4 is 22.1 Å². The molecular formula is C24H27F2N5O2S. The minimum atomic E-state index is -0.974. The van der Waals surface area contributed by atoms with E-state index in [1.807, 2.05) is 27.7 Å². The summed E-state index contributed by atoms with van der Waals surface area (Å²) >= 11 is 0.875. The Morgan fingerprint density at radius 2 is 1.62 bits per heavy atom. The number of hydrogen-bond donors (Lipinski definition) is 4. The second-order valence-electron chi connectivity index (χ2n) is 9.10. The number of nitrogens with one attached hydrogen (secondary N) is 2. The second kappa shape index (κ2) is 9.47. The molecule has 0 bridgehead atoms. The fraction of sp³-hybridized carbons (Fsp3) is 0.292. The van der Waals surface area contributed by atoms with Gasteiger partial charge in [0.1, 0.15) is 22.3 Å². The van der Waals surface area contributed by atoms with Gasteiger partial charge in [0.25, 0.3) is 5.91 Å². The van der Waals surface area contributed by atoms with Crippen molar-refractivity contribution in [3.8, 4) is 0 Å². The Balaban J connectivity index is 1.75. The molecule has 2 aromatic carbocycles. The number of ketones is 1. The molecule has 3 aromatic rings. The van der Waals surface area contributed by atoms with E-state index in [-0.39, 0.29) is 33.7 Å². The maximum Gasteiger partial charge on any atom is 0.251 e. The smallest absolute Gasteiger partial charge is 0.251 e. The largest absolute Gasteiger partial charge is 0.382 e. The normalized spacial score (nSPS) is 13.3. The monoisotopic (exact) mass is 487 g/mol. The third kappa shape index (κ3) is 5.07. The molecule has 6 N–H and O–H groups in total. The van der Waals surface area contributed by atoms with Crippen LogP contribution in [0.1, 0.15) is 53.3 Å². The summed E-state index contributed by atoms with van der Waals surface area (Å²) in [5, 5.41) is 6.26. The lowest BCUT2D eigenvalue weighted by Crippen LogP contribution is -2.59. The lowest BCUT2D eigenvalue weighted by atomic mass is 9.74. The van der Waals surface area contributed by atoms with Crippen molar-refractivity contribution in [1.29, 1.82) is 0 Å². The highest BCUT2D eigenvalue weighted by atomic mass is 32.1. The van der Waals surface area contributed by atoms with Crippen LogP contribution in [0, 0.1) is 17.0 Å². The van der Waals surface area contributed by atoms with E-state index in [0.717, 1.165) is 23.5 Å². The molecule has 0 unspecified atom stereocenters. The Kier molecular flexibility index (Phi) is 7.04. The van der Waals surface area contributed by atoms with Gasteiger partial charge in [-0.15, -0.1) is 0 Å². The number of benzene rings is 2. The first kappa shape index (κ1) is 25.3. The first-order valence-electron chi connectivity index (χ1n) is 10.5. The SMILES string of the molecule is CC(C)(C)[C@](C)(CN)NC(=O)c1ccc(Nc2nc(N)c(C(=O)c3c(F)cccc3F)s2)cc1. The molecule has 1 atom stereocenters. The van der Waals surface area contributed by atoms with Crippen LogP contribution in [0.4, 0.5) is 25.4 Å². The molecule has 7 nitrogen and oxygen atoms in total. The van der Waals surface area contributed by atoms with E-state index in [1.165, 1.54) is 6.07 Å². The Hall–Kier alpha value is -3.37. The van der Waals surface area contributed by atoms with E-state index in [1.54, 1.807) is 24.3 Å². The van der Waals surface area contributed by atoms with Crippen LogP contribution in [0.2, 0.25) is 0 Å².